The number of fused-ring (bicyclic) bond motifs is 1. The third kappa shape index (κ3) is 3.04. The molecule has 1 heterocycles. The fourth-order valence-electron chi connectivity index (χ4n) is 3.14. The summed E-state index contributed by atoms with van der Waals surface area (Å²) in [4.78, 5) is 3.38. The molecule has 3 nitrogen and oxygen atoms in total. The van der Waals surface area contributed by atoms with E-state index in [0.717, 1.165) is 41.1 Å². The first kappa shape index (κ1) is 15.5. The SMILES string of the molecule is C=C(Nc1ccc(C)c(OCC)c1)c1c[nH]c2c1C(=C)CCC2. The van der Waals surface area contributed by atoms with E-state index >= 15 is 0 Å². The molecule has 2 aromatic rings. The zero-order valence-corrected chi connectivity index (χ0v) is 14.0. The standard InChI is InChI=1S/C20H24N2O/c1-5-23-19-11-16(10-9-13(19)2)22-15(4)17-12-21-18-8-6-7-14(3)20(17)18/h9-12,21-22H,3-8H2,1-2H3. The molecular formula is C20H24N2O. The summed E-state index contributed by atoms with van der Waals surface area (Å²) in [6, 6.07) is 6.14. The van der Waals surface area contributed by atoms with Gasteiger partial charge in [-0.15, -0.1) is 0 Å². The Bertz CT molecular complexity index is 755. The summed E-state index contributed by atoms with van der Waals surface area (Å²) in [6.45, 7) is 13.2. The third-order valence-corrected chi connectivity index (χ3v) is 4.33. The molecule has 120 valence electrons. The van der Waals surface area contributed by atoms with Gasteiger partial charge in [-0.05, 0) is 50.3 Å². The lowest BCUT2D eigenvalue weighted by atomic mass is 9.90. The number of benzene rings is 1. The maximum Gasteiger partial charge on any atom is 0.124 e. The summed E-state index contributed by atoms with van der Waals surface area (Å²) in [5.41, 5.74) is 7.84. The van der Waals surface area contributed by atoms with Gasteiger partial charge in [-0.3, -0.25) is 0 Å². The van der Waals surface area contributed by atoms with Crippen molar-refractivity contribution in [2.24, 2.45) is 0 Å². The molecule has 2 N–H and O–H groups in total. The van der Waals surface area contributed by atoms with Gasteiger partial charge in [0.2, 0.25) is 0 Å². The van der Waals surface area contributed by atoms with E-state index in [1.54, 1.807) is 0 Å². The molecule has 0 unspecified atom stereocenters. The second-order valence-corrected chi connectivity index (χ2v) is 6.03. The number of aromatic nitrogens is 1. The van der Waals surface area contributed by atoms with Crippen molar-refractivity contribution in [1.29, 1.82) is 0 Å². The summed E-state index contributed by atoms with van der Waals surface area (Å²) in [5, 5.41) is 3.41. The molecule has 0 amide bonds. The minimum Gasteiger partial charge on any atom is -0.494 e. The molecule has 1 aliphatic carbocycles. The van der Waals surface area contributed by atoms with Gasteiger partial charge in [0.1, 0.15) is 5.75 Å². The molecule has 0 atom stereocenters. The Morgan fingerprint density at radius 3 is 2.96 bits per heavy atom. The van der Waals surface area contributed by atoms with Crippen LogP contribution in [0.1, 0.15) is 42.1 Å². The zero-order valence-electron chi connectivity index (χ0n) is 14.0. The van der Waals surface area contributed by atoms with Crippen molar-refractivity contribution in [2.75, 3.05) is 11.9 Å². The molecule has 0 saturated carbocycles. The van der Waals surface area contributed by atoms with Crippen molar-refractivity contribution in [3.63, 3.8) is 0 Å². The predicted molar refractivity (Wildman–Crippen MR) is 97.8 cm³/mol. The van der Waals surface area contributed by atoms with Crippen LogP contribution in [0.4, 0.5) is 5.69 Å². The van der Waals surface area contributed by atoms with Gasteiger partial charge in [0, 0.05) is 40.5 Å². The first-order valence-electron chi connectivity index (χ1n) is 8.18. The number of rotatable bonds is 5. The Labute approximate surface area is 138 Å². The van der Waals surface area contributed by atoms with Crippen molar-refractivity contribution >= 4 is 17.0 Å². The first-order chi connectivity index (χ1) is 11.1. The monoisotopic (exact) mass is 308 g/mol. The maximum atomic E-state index is 5.67. The van der Waals surface area contributed by atoms with Gasteiger partial charge in [0.25, 0.3) is 0 Å². The number of nitrogens with one attached hydrogen (secondary N) is 2. The smallest absolute Gasteiger partial charge is 0.124 e. The zero-order chi connectivity index (χ0) is 16.4. The minimum absolute atomic E-state index is 0.663. The van der Waals surface area contributed by atoms with Crippen LogP contribution in [0.15, 0.2) is 37.6 Å². The Kier molecular flexibility index (Phi) is 4.28. The van der Waals surface area contributed by atoms with Crippen LogP contribution >= 0.6 is 0 Å². The van der Waals surface area contributed by atoms with Crippen molar-refractivity contribution in [3.05, 3.63) is 59.9 Å². The Balaban J connectivity index is 1.84. The molecule has 0 bridgehead atoms. The van der Waals surface area contributed by atoms with E-state index in [2.05, 4.69) is 42.5 Å². The van der Waals surface area contributed by atoms with Crippen LogP contribution < -0.4 is 10.1 Å². The van der Waals surface area contributed by atoms with Crippen LogP contribution in [-0.2, 0) is 6.42 Å². The Morgan fingerprint density at radius 1 is 1.35 bits per heavy atom. The fraction of sp³-hybridized carbons (Fsp3) is 0.300. The number of hydrogen-bond acceptors (Lipinski definition) is 2. The van der Waals surface area contributed by atoms with Gasteiger partial charge in [-0.25, -0.2) is 0 Å². The number of aryl methyl sites for hydroxylation is 2. The van der Waals surface area contributed by atoms with Crippen molar-refractivity contribution < 1.29 is 4.74 Å². The number of hydrogen-bond donors (Lipinski definition) is 2. The quantitative estimate of drug-likeness (QED) is 0.801. The molecule has 1 aliphatic rings. The third-order valence-electron chi connectivity index (χ3n) is 4.33. The number of H-pyrrole nitrogens is 1. The second-order valence-electron chi connectivity index (χ2n) is 6.03. The number of ether oxygens (including phenoxy) is 1. The van der Waals surface area contributed by atoms with E-state index in [4.69, 9.17) is 4.74 Å². The molecule has 1 aromatic heterocycles. The van der Waals surface area contributed by atoms with Crippen LogP contribution in [0.2, 0.25) is 0 Å². The molecule has 3 rings (SSSR count). The van der Waals surface area contributed by atoms with E-state index in [-0.39, 0.29) is 0 Å². The van der Waals surface area contributed by atoms with Gasteiger partial charge in [0.05, 0.1) is 6.61 Å². The maximum absolute atomic E-state index is 5.67. The summed E-state index contributed by atoms with van der Waals surface area (Å²) in [7, 11) is 0. The van der Waals surface area contributed by atoms with Crippen molar-refractivity contribution in [3.8, 4) is 5.75 Å². The molecule has 0 fully saturated rings. The Morgan fingerprint density at radius 2 is 2.17 bits per heavy atom. The number of aromatic amines is 1. The normalized spacial score (nSPS) is 13.6. The van der Waals surface area contributed by atoms with Gasteiger partial charge < -0.3 is 15.0 Å². The molecule has 0 aliphatic heterocycles. The summed E-state index contributed by atoms with van der Waals surface area (Å²) in [6.07, 6.45) is 5.35. The lowest BCUT2D eigenvalue weighted by Gasteiger charge is -2.18. The van der Waals surface area contributed by atoms with E-state index < -0.39 is 0 Å². The van der Waals surface area contributed by atoms with Crippen molar-refractivity contribution in [1.82, 2.24) is 4.98 Å². The molecular weight excluding hydrogens is 284 g/mol. The lowest BCUT2D eigenvalue weighted by molar-refractivity contribution is 0.338. The second kappa shape index (κ2) is 6.37. The summed E-state index contributed by atoms with van der Waals surface area (Å²) >= 11 is 0. The number of allylic oxidation sites excluding steroid dienone is 1. The summed E-state index contributed by atoms with van der Waals surface area (Å²) in [5.74, 6) is 0.908. The fourth-order valence-corrected chi connectivity index (χ4v) is 3.14. The van der Waals surface area contributed by atoms with Crippen LogP contribution in [0, 0.1) is 6.92 Å². The van der Waals surface area contributed by atoms with Gasteiger partial charge in [-0.1, -0.05) is 19.2 Å². The Hall–Kier alpha value is -2.42. The molecule has 3 heteroatoms. The highest BCUT2D eigenvalue weighted by Gasteiger charge is 2.19. The van der Waals surface area contributed by atoms with E-state index in [1.807, 2.05) is 19.2 Å². The number of anilines is 1. The van der Waals surface area contributed by atoms with Crippen LogP contribution in [0.25, 0.3) is 11.3 Å². The van der Waals surface area contributed by atoms with Gasteiger partial charge in [0.15, 0.2) is 0 Å². The molecule has 1 aromatic carbocycles. The molecule has 0 saturated heterocycles. The van der Waals surface area contributed by atoms with Gasteiger partial charge in [-0.2, -0.15) is 0 Å². The van der Waals surface area contributed by atoms with Crippen LogP contribution in [0.3, 0.4) is 0 Å². The average molecular weight is 308 g/mol. The predicted octanol–water partition coefficient (Wildman–Crippen LogP) is 5.15. The topological polar surface area (TPSA) is 37.0 Å². The van der Waals surface area contributed by atoms with Crippen molar-refractivity contribution in [2.45, 2.75) is 33.1 Å². The molecule has 0 spiro atoms. The average Bonchev–Trinajstić information content (AvgIpc) is 2.96. The summed E-state index contributed by atoms with van der Waals surface area (Å²) < 4.78 is 5.67. The first-order valence-corrected chi connectivity index (χ1v) is 8.18. The largest absolute Gasteiger partial charge is 0.494 e. The lowest BCUT2D eigenvalue weighted by Crippen LogP contribution is -2.04. The minimum atomic E-state index is 0.663. The highest BCUT2D eigenvalue weighted by atomic mass is 16.5. The van der Waals surface area contributed by atoms with Crippen LogP contribution in [0.5, 0.6) is 5.75 Å². The van der Waals surface area contributed by atoms with E-state index in [9.17, 15) is 0 Å². The highest BCUT2D eigenvalue weighted by molar-refractivity contribution is 5.85. The van der Waals surface area contributed by atoms with E-state index in [1.165, 1.54) is 23.3 Å². The van der Waals surface area contributed by atoms with Gasteiger partial charge >= 0.3 is 0 Å². The van der Waals surface area contributed by atoms with Crippen LogP contribution in [-0.4, -0.2) is 11.6 Å². The van der Waals surface area contributed by atoms with E-state index in [0.29, 0.717) is 6.61 Å². The molecule has 23 heavy (non-hydrogen) atoms. The molecule has 0 radical (unpaired) electrons. The highest BCUT2D eigenvalue weighted by Crippen LogP contribution is 2.35.